The summed E-state index contributed by atoms with van der Waals surface area (Å²) in [4.78, 5) is 2.17. The van der Waals surface area contributed by atoms with Gasteiger partial charge < -0.3 is 14.4 Å². The monoisotopic (exact) mass is 420 g/mol. The molecule has 0 atom stereocenters. The zero-order valence-electron chi connectivity index (χ0n) is 17.6. The summed E-state index contributed by atoms with van der Waals surface area (Å²) in [6.45, 7) is 6.17. The van der Waals surface area contributed by atoms with Gasteiger partial charge >= 0.3 is 0 Å². The van der Waals surface area contributed by atoms with Crippen LogP contribution in [0.3, 0.4) is 0 Å². The highest BCUT2D eigenvalue weighted by Crippen LogP contribution is 2.39. The molecule has 0 aliphatic rings. The number of hydrogen-bond acceptors (Lipinski definition) is 5. The molecule has 160 valence electrons. The smallest absolute Gasteiger partial charge is 0.241 e. The third kappa shape index (κ3) is 6.73. The number of hydrogen-bond donors (Lipinski definition) is 1. The van der Waals surface area contributed by atoms with Crippen molar-refractivity contribution >= 4 is 15.7 Å². The topological polar surface area (TPSA) is 81.9 Å². The number of rotatable bonds is 12. The van der Waals surface area contributed by atoms with Crippen LogP contribution >= 0.6 is 0 Å². The number of para-hydroxylation sites is 1. The fourth-order valence-corrected chi connectivity index (χ4v) is 3.82. The molecule has 0 spiro atoms. The third-order valence-electron chi connectivity index (χ3n) is 4.58. The maximum Gasteiger partial charge on any atom is 0.241 e. The molecule has 0 amide bonds. The summed E-state index contributed by atoms with van der Waals surface area (Å²) in [5, 5.41) is 5.58. The first kappa shape index (κ1) is 23.2. The minimum Gasteiger partial charge on any atom is -0.454 e. The van der Waals surface area contributed by atoms with E-state index in [1.165, 1.54) is 0 Å². The molecule has 0 saturated heterocycles. The van der Waals surface area contributed by atoms with Gasteiger partial charge in [-0.1, -0.05) is 44.9 Å². The second-order valence-corrected chi connectivity index (χ2v) is 8.56. The number of unbranched alkanes of at least 4 members (excludes halogenated alkanes) is 2. The van der Waals surface area contributed by atoms with Crippen molar-refractivity contribution in [1.29, 1.82) is 0 Å². The zero-order chi connectivity index (χ0) is 21.3. The van der Waals surface area contributed by atoms with Gasteiger partial charge in [-0.25, -0.2) is 13.6 Å². The molecule has 2 aromatic carbocycles. The van der Waals surface area contributed by atoms with Crippen molar-refractivity contribution in [3.8, 4) is 11.5 Å². The molecular formula is C22H32N2O4S. The molecule has 2 aromatic rings. The van der Waals surface area contributed by atoms with Crippen LogP contribution in [0.2, 0.25) is 0 Å². The van der Waals surface area contributed by atoms with Gasteiger partial charge in [0, 0.05) is 20.2 Å². The van der Waals surface area contributed by atoms with E-state index in [4.69, 9.17) is 14.6 Å². The van der Waals surface area contributed by atoms with Gasteiger partial charge in [0.2, 0.25) is 10.0 Å². The highest BCUT2D eigenvalue weighted by Gasteiger charge is 2.24. The molecule has 0 bridgehead atoms. The second-order valence-electron chi connectivity index (χ2n) is 7.03. The molecule has 7 heteroatoms. The zero-order valence-corrected chi connectivity index (χ0v) is 18.4. The van der Waals surface area contributed by atoms with Crippen LogP contribution in [-0.4, -0.2) is 28.6 Å². The average Bonchev–Trinajstić information content (AvgIpc) is 2.69. The number of benzene rings is 2. The quantitative estimate of drug-likeness (QED) is 0.539. The van der Waals surface area contributed by atoms with E-state index in [-0.39, 0.29) is 17.3 Å². The van der Waals surface area contributed by atoms with E-state index in [0.717, 1.165) is 50.0 Å². The maximum absolute atomic E-state index is 12.4. The average molecular weight is 421 g/mol. The Morgan fingerprint density at radius 1 is 1.00 bits per heavy atom. The SMILES string of the molecule is CCCCN(CCCC)c1cc(COC)cc(S(N)(=O)=O)c1Oc1ccccc1. The molecule has 0 radical (unpaired) electrons. The van der Waals surface area contributed by atoms with Crippen LogP contribution in [0.4, 0.5) is 5.69 Å². The molecule has 2 rings (SSSR count). The Morgan fingerprint density at radius 3 is 2.14 bits per heavy atom. The van der Waals surface area contributed by atoms with E-state index < -0.39 is 10.0 Å². The third-order valence-corrected chi connectivity index (χ3v) is 5.50. The number of methoxy groups -OCH3 is 1. The Balaban J connectivity index is 2.66. The summed E-state index contributed by atoms with van der Waals surface area (Å²) in [5.41, 5.74) is 1.47. The fraction of sp³-hybridized carbons (Fsp3) is 0.455. The van der Waals surface area contributed by atoms with Crippen LogP contribution in [0.1, 0.15) is 45.1 Å². The maximum atomic E-state index is 12.4. The number of primary sulfonamides is 1. The Hall–Kier alpha value is -2.09. The summed E-state index contributed by atoms with van der Waals surface area (Å²) in [5.74, 6) is 0.829. The minimum atomic E-state index is -4.00. The predicted molar refractivity (Wildman–Crippen MR) is 117 cm³/mol. The van der Waals surface area contributed by atoms with Crippen LogP contribution in [0.15, 0.2) is 47.4 Å². The van der Waals surface area contributed by atoms with Crippen LogP contribution in [0, 0.1) is 0 Å². The lowest BCUT2D eigenvalue weighted by Crippen LogP contribution is -2.27. The number of sulfonamides is 1. The highest BCUT2D eigenvalue weighted by molar-refractivity contribution is 7.89. The first-order chi connectivity index (χ1) is 13.9. The molecule has 6 nitrogen and oxygen atoms in total. The Labute approximate surface area is 174 Å². The van der Waals surface area contributed by atoms with Crippen molar-refractivity contribution in [2.45, 2.75) is 51.0 Å². The normalized spacial score (nSPS) is 11.4. The van der Waals surface area contributed by atoms with Crippen molar-refractivity contribution in [3.05, 3.63) is 48.0 Å². The molecule has 0 fully saturated rings. The van der Waals surface area contributed by atoms with Gasteiger partial charge in [-0.05, 0) is 42.7 Å². The molecule has 0 saturated carbocycles. The lowest BCUT2D eigenvalue weighted by atomic mass is 10.1. The molecule has 0 aromatic heterocycles. The van der Waals surface area contributed by atoms with E-state index in [2.05, 4.69) is 18.7 Å². The van der Waals surface area contributed by atoms with E-state index in [1.807, 2.05) is 24.3 Å². The van der Waals surface area contributed by atoms with Crippen LogP contribution in [0.25, 0.3) is 0 Å². The van der Waals surface area contributed by atoms with Crippen LogP contribution < -0.4 is 14.8 Å². The standard InChI is InChI=1S/C22H32N2O4S/c1-4-6-13-24(14-7-5-2)20-15-18(17-27-3)16-21(29(23,25)26)22(20)28-19-11-9-8-10-12-19/h8-12,15-16H,4-7,13-14,17H2,1-3H3,(H2,23,25,26). The van der Waals surface area contributed by atoms with Gasteiger partial charge in [0.25, 0.3) is 0 Å². The predicted octanol–water partition coefficient (Wildman–Crippen LogP) is 4.68. The van der Waals surface area contributed by atoms with E-state index in [1.54, 1.807) is 25.3 Å². The van der Waals surface area contributed by atoms with Gasteiger partial charge in [-0.15, -0.1) is 0 Å². The molecule has 29 heavy (non-hydrogen) atoms. The molecule has 0 aliphatic carbocycles. The number of anilines is 1. The molecular weight excluding hydrogens is 388 g/mol. The van der Waals surface area contributed by atoms with Gasteiger partial charge in [0.05, 0.1) is 12.3 Å². The molecule has 0 aliphatic heterocycles. The van der Waals surface area contributed by atoms with E-state index >= 15 is 0 Å². The van der Waals surface area contributed by atoms with Crippen molar-refractivity contribution in [1.82, 2.24) is 0 Å². The second kappa shape index (κ2) is 11.2. The fourth-order valence-electron chi connectivity index (χ4n) is 3.10. The number of nitrogens with two attached hydrogens (primary N) is 1. The molecule has 2 N–H and O–H groups in total. The van der Waals surface area contributed by atoms with Gasteiger partial charge in [0.15, 0.2) is 5.75 Å². The van der Waals surface area contributed by atoms with Crippen molar-refractivity contribution in [3.63, 3.8) is 0 Å². The first-order valence-electron chi connectivity index (χ1n) is 10.1. The number of ether oxygens (including phenoxy) is 2. The van der Waals surface area contributed by atoms with Gasteiger partial charge in [-0.3, -0.25) is 0 Å². The first-order valence-corrected chi connectivity index (χ1v) is 11.6. The lowest BCUT2D eigenvalue weighted by Gasteiger charge is -2.28. The molecule has 0 unspecified atom stereocenters. The summed E-state index contributed by atoms with van der Waals surface area (Å²) in [6, 6.07) is 12.6. The van der Waals surface area contributed by atoms with E-state index in [0.29, 0.717) is 5.75 Å². The molecule has 0 heterocycles. The van der Waals surface area contributed by atoms with Gasteiger partial charge in [0.1, 0.15) is 10.6 Å². The summed E-state index contributed by atoms with van der Waals surface area (Å²) >= 11 is 0. The van der Waals surface area contributed by atoms with Crippen molar-refractivity contribution in [2.24, 2.45) is 5.14 Å². The Bertz CT molecular complexity index is 862. The summed E-state index contributed by atoms with van der Waals surface area (Å²) < 4.78 is 36.2. The summed E-state index contributed by atoms with van der Waals surface area (Å²) in [6.07, 6.45) is 4.07. The van der Waals surface area contributed by atoms with E-state index in [9.17, 15) is 8.42 Å². The van der Waals surface area contributed by atoms with Crippen molar-refractivity contribution in [2.75, 3.05) is 25.1 Å². The van der Waals surface area contributed by atoms with Crippen LogP contribution in [0.5, 0.6) is 11.5 Å². The Morgan fingerprint density at radius 2 is 1.62 bits per heavy atom. The highest BCUT2D eigenvalue weighted by atomic mass is 32.2. The minimum absolute atomic E-state index is 0.0242. The lowest BCUT2D eigenvalue weighted by molar-refractivity contribution is 0.184. The largest absolute Gasteiger partial charge is 0.454 e. The van der Waals surface area contributed by atoms with Crippen LogP contribution in [-0.2, 0) is 21.4 Å². The Kier molecular flexibility index (Phi) is 8.95. The van der Waals surface area contributed by atoms with Gasteiger partial charge in [-0.2, -0.15) is 0 Å². The van der Waals surface area contributed by atoms with Crippen molar-refractivity contribution < 1.29 is 17.9 Å². The number of nitrogens with zero attached hydrogens (tertiary/aromatic N) is 1. The summed E-state index contributed by atoms with van der Waals surface area (Å²) in [7, 11) is -2.42.